The Morgan fingerprint density at radius 1 is 0.625 bits per heavy atom. The van der Waals surface area contributed by atoms with Crippen LogP contribution >= 0.6 is 0 Å². The van der Waals surface area contributed by atoms with Crippen LogP contribution in [0.3, 0.4) is 0 Å². The summed E-state index contributed by atoms with van der Waals surface area (Å²) in [7, 11) is 0. The fraction of sp³-hybridized carbons (Fsp3) is 0.108. The zero-order chi connectivity index (χ0) is 27.1. The summed E-state index contributed by atoms with van der Waals surface area (Å²) in [5.41, 5.74) is 11.1. The second kappa shape index (κ2) is 10.0. The molecule has 4 aromatic carbocycles. The lowest BCUT2D eigenvalue weighted by Gasteiger charge is -2.12. The van der Waals surface area contributed by atoms with Gasteiger partial charge in [-0.25, -0.2) is 0 Å². The predicted molar refractivity (Wildman–Crippen MR) is 170 cm³/mol. The smallest absolute Gasteiger partial charge is 0.0650 e. The molecule has 0 aliphatic heterocycles. The zero-order valence-electron chi connectivity index (χ0n) is 22.9. The van der Waals surface area contributed by atoms with Crippen LogP contribution in [-0.4, -0.2) is 14.1 Å². The molecular formula is C37H31N3. The molecule has 0 atom stereocenters. The van der Waals surface area contributed by atoms with Crippen molar-refractivity contribution < 1.29 is 0 Å². The van der Waals surface area contributed by atoms with Crippen LogP contribution in [0.15, 0.2) is 122 Å². The summed E-state index contributed by atoms with van der Waals surface area (Å²) in [5, 5.41) is 3.72. The minimum atomic E-state index is 1.05. The van der Waals surface area contributed by atoms with Gasteiger partial charge in [0.05, 0.1) is 16.6 Å². The fourth-order valence-electron chi connectivity index (χ4n) is 6.22. The number of hydrogen-bond donors (Lipinski definition) is 0. The lowest BCUT2D eigenvalue weighted by Crippen LogP contribution is -1.99. The molecule has 194 valence electrons. The van der Waals surface area contributed by atoms with Crippen LogP contribution in [-0.2, 0) is 6.42 Å². The first-order valence-corrected chi connectivity index (χ1v) is 14.2. The molecule has 0 radical (unpaired) electrons. The number of fused-ring (bicyclic) bond motifs is 6. The van der Waals surface area contributed by atoms with Crippen LogP contribution in [0.25, 0.3) is 61.3 Å². The van der Waals surface area contributed by atoms with E-state index in [1.54, 1.807) is 0 Å². The molecule has 0 bridgehead atoms. The van der Waals surface area contributed by atoms with Gasteiger partial charge >= 0.3 is 0 Å². The zero-order valence-corrected chi connectivity index (χ0v) is 22.9. The number of hydrogen-bond acceptors (Lipinski definition) is 1. The third kappa shape index (κ3) is 3.70. The van der Waals surface area contributed by atoms with Gasteiger partial charge in [-0.3, -0.25) is 4.98 Å². The van der Waals surface area contributed by atoms with Crippen molar-refractivity contribution in [2.45, 2.75) is 26.7 Å². The summed E-state index contributed by atoms with van der Waals surface area (Å²) < 4.78 is 4.79. The summed E-state index contributed by atoms with van der Waals surface area (Å²) in [6.45, 7) is 4.00. The van der Waals surface area contributed by atoms with Crippen molar-refractivity contribution in [3.8, 4) is 22.5 Å². The van der Waals surface area contributed by atoms with Gasteiger partial charge in [0.1, 0.15) is 0 Å². The fourth-order valence-corrected chi connectivity index (χ4v) is 6.22. The van der Waals surface area contributed by atoms with Crippen molar-refractivity contribution in [2.75, 3.05) is 0 Å². The minimum Gasteiger partial charge on any atom is -0.310 e. The van der Waals surface area contributed by atoms with Crippen LogP contribution < -0.4 is 0 Å². The largest absolute Gasteiger partial charge is 0.310 e. The van der Waals surface area contributed by atoms with E-state index in [9.17, 15) is 0 Å². The van der Waals surface area contributed by atoms with Gasteiger partial charge in [0, 0.05) is 51.2 Å². The number of aryl methyl sites for hydroxylation is 1. The van der Waals surface area contributed by atoms with E-state index in [-0.39, 0.29) is 0 Å². The van der Waals surface area contributed by atoms with Crippen LogP contribution in [0.1, 0.15) is 31.5 Å². The number of aromatic nitrogens is 3. The average molecular weight is 518 g/mol. The molecule has 40 heavy (non-hydrogen) atoms. The lowest BCUT2D eigenvalue weighted by molar-refractivity contribution is 0.967. The maximum atomic E-state index is 4.74. The molecule has 0 unspecified atom stereocenters. The Balaban J connectivity index is 0.00000130. The third-order valence-corrected chi connectivity index (χ3v) is 7.87. The Morgan fingerprint density at radius 2 is 1.30 bits per heavy atom. The minimum absolute atomic E-state index is 1.05. The van der Waals surface area contributed by atoms with Gasteiger partial charge in [0.15, 0.2) is 0 Å². The number of para-hydroxylation sites is 3. The van der Waals surface area contributed by atoms with E-state index in [1.165, 1.54) is 55.2 Å². The van der Waals surface area contributed by atoms with Gasteiger partial charge < -0.3 is 9.13 Å². The van der Waals surface area contributed by atoms with E-state index in [0.29, 0.717) is 0 Å². The number of benzene rings is 4. The van der Waals surface area contributed by atoms with Gasteiger partial charge in [-0.2, -0.15) is 0 Å². The van der Waals surface area contributed by atoms with Gasteiger partial charge in [0.25, 0.3) is 0 Å². The molecule has 1 aliphatic rings. The van der Waals surface area contributed by atoms with E-state index >= 15 is 0 Å². The maximum absolute atomic E-state index is 4.74. The van der Waals surface area contributed by atoms with E-state index in [1.807, 2.05) is 26.2 Å². The molecule has 0 spiro atoms. The van der Waals surface area contributed by atoms with E-state index in [2.05, 4.69) is 124 Å². The molecule has 0 N–H and O–H groups in total. The Morgan fingerprint density at radius 3 is 2.08 bits per heavy atom. The second-order valence-electron chi connectivity index (χ2n) is 9.98. The van der Waals surface area contributed by atoms with Crippen LogP contribution in [0.4, 0.5) is 0 Å². The molecule has 8 rings (SSSR count). The quantitative estimate of drug-likeness (QED) is 0.229. The Labute approximate surface area is 234 Å². The molecule has 0 saturated heterocycles. The van der Waals surface area contributed by atoms with Crippen molar-refractivity contribution in [3.63, 3.8) is 0 Å². The first kappa shape index (κ1) is 24.2. The number of allylic oxidation sites excluding steroid dienone is 1. The van der Waals surface area contributed by atoms with Crippen LogP contribution in [0.2, 0.25) is 0 Å². The molecule has 3 aromatic heterocycles. The molecule has 1 aliphatic carbocycles. The molecule has 3 nitrogen and oxygen atoms in total. The number of rotatable bonds is 3. The summed E-state index contributed by atoms with van der Waals surface area (Å²) in [4.78, 5) is 4.74. The third-order valence-electron chi connectivity index (χ3n) is 7.87. The normalized spacial score (nSPS) is 12.4. The highest BCUT2D eigenvalue weighted by molar-refractivity contribution is 6.13. The monoisotopic (exact) mass is 517 g/mol. The van der Waals surface area contributed by atoms with Gasteiger partial charge in [0.2, 0.25) is 0 Å². The van der Waals surface area contributed by atoms with Crippen molar-refractivity contribution in [1.82, 2.24) is 14.1 Å². The molecule has 0 amide bonds. The summed E-state index contributed by atoms with van der Waals surface area (Å²) in [6, 6.07) is 36.9. The topological polar surface area (TPSA) is 22.8 Å². The van der Waals surface area contributed by atoms with Crippen LogP contribution in [0, 0.1) is 0 Å². The number of nitrogens with zero attached hydrogens (tertiary/aromatic N) is 3. The predicted octanol–water partition coefficient (Wildman–Crippen LogP) is 9.78. The molecule has 3 heterocycles. The SMILES string of the molecule is C1=Cc2c(c3cc(-c4cncc5c6ccccc6n(-c6ccccc6)c45)ccc3n2-c2ccccc2)CC1.CC. The molecule has 0 saturated carbocycles. The van der Waals surface area contributed by atoms with Gasteiger partial charge in [-0.1, -0.05) is 80.6 Å². The first-order valence-electron chi connectivity index (χ1n) is 14.2. The first-order chi connectivity index (χ1) is 19.9. The summed E-state index contributed by atoms with van der Waals surface area (Å²) >= 11 is 0. The molecule has 7 aromatic rings. The van der Waals surface area contributed by atoms with Crippen molar-refractivity contribution in [2.24, 2.45) is 0 Å². The molecular weight excluding hydrogens is 486 g/mol. The van der Waals surface area contributed by atoms with Crippen molar-refractivity contribution in [1.29, 1.82) is 0 Å². The van der Waals surface area contributed by atoms with Crippen molar-refractivity contribution >= 4 is 38.8 Å². The Hall–Kier alpha value is -4.89. The number of pyridine rings is 1. The van der Waals surface area contributed by atoms with E-state index in [0.717, 1.165) is 24.1 Å². The Bertz CT molecular complexity index is 2010. The Kier molecular flexibility index (Phi) is 6.05. The molecule has 0 fully saturated rings. The van der Waals surface area contributed by atoms with E-state index < -0.39 is 0 Å². The van der Waals surface area contributed by atoms with Gasteiger partial charge in [-0.05, 0) is 72.5 Å². The van der Waals surface area contributed by atoms with Crippen molar-refractivity contribution in [3.05, 3.63) is 133 Å². The summed E-state index contributed by atoms with van der Waals surface area (Å²) in [6.07, 6.45) is 10.8. The van der Waals surface area contributed by atoms with E-state index in [4.69, 9.17) is 4.98 Å². The molecule has 3 heteroatoms. The standard InChI is InChI=1S/C35H25N3.C2H6/c1-3-11-25(12-4-1)37-32-17-9-7-15-27(32)29-21-24(19-20-34(29)37)30-22-36-23-31-28-16-8-10-18-33(28)38(35(30)31)26-13-5-2-6-14-26;1-2/h1-6,8-14,16-23H,7,15H2;1-2H3. The highest BCUT2D eigenvalue weighted by Gasteiger charge is 2.21. The highest BCUT2D eigenvalue weighted by atomic mass is 15.0. The summed E-state index contributed by atoms with van der Waals surface area (Å²) in [5.74, 6) is 0. The average Bonchev–Trinajstić information content (AvgIpc) is 3.56. The maximum Gasteiger partial charge on any atom is 0.0650 e. The second-order valence-corrected chi connectivity index (χ2v) is 9.98. The van der Waals surface area contributed by atoms with Gasteiger partial charge in [-0.15, -0.1) is 0 Å². The lowest BCUT2D eigenvalue weighted by atomic mass is 9.97. The highest BCUT2D eigenvalue weighted by Crippen LogP contribution is 2.40. The van der Waals surface area contributed by atoms with Crippen LogP contribution in [0.5, 0.6) is 0 Å².